The lowest BCUT2D eigenvalue weighted by Crippen LogP contribution is -2.58. The molecule has 1 aromatic rings. The molecule has 0 radical (unpaired) electrons. The smallest absolute Gasteiger partial charge is 0.326 e. The molecular weight excluding hydrogens is 472 g/mol. The lowest BCUT2D eigenvalue weighted by Gasteiger charge is -2.26. The van der Waals surface area contributed by atoms with Gasteiger partial charge in [-0.15, -0.1) is 0 Å². The van der Waals surface area contributed by atoms with Crippen molar-refractivity contribution in [3.05, 3.63) is 29.8 Å². The summed E-state index contributed by atoms with van der Waals surface area (Å²) in [6.45, 7) is 6.80. The number of carboxylic acid groups (broad SMARTS) is 2. The van der Waals surface area contributed by atoms with E-state index < -0.39 is 66.2 Å². The van der Waals surface area contributed by atoms with E-state index in [1.807, 2.05) is 0 Å². The van der Waals surface area contributed by atoms with Gasteiger partial charge in [0.2, 0.25) is 17.7 Å². The molecule has 8 N–H and O–H groups in total. The molecule has 0 aliphatic heterocycles. The first-order valence-corrected chi connectivity index (χ1v) is 11.7. The van der Waals surface area contributed by atoms with Gasteiger partial charge in [0.25, 0.3) is 0 Å². The van der Waals surface area contributed by atoms with Crippen molar-refractivity contribution in [3.8, 4) is 5.75 Å². The third-order valence-electron chi connectivity index (χ3n) is 5.82. The van der Waals surface area contributed by atoms with E-state index in [0.29, 0.717) is 12.0 Å². The summed E-state index contributed by atoms with van der Waals surface area (Å²) in [4.78, 5) is 61.5. The van der Waals surface area contributed by atoms with Gasteiger partial charge in [-0.1, -0.05) is 46.2 Å². The van der Waals surface area contributed by atoms with Crippen LogP contribution < -0.4 is 21.7 Å². The first kappa shape index (κ1) is 30.4. The number of amides is 3. The second kappa shape index (κ2) is 14.0. The van der Waals surface area contributed by atoms with Gasteiger partial charge >= 0.3 is 11.9 Å². The number of rotatable bonds is 14. The Bertz CT molecular complexity index is 935. The Labute approximate surface area is 209 Å². The number of phenolic OH excluding ortho intramolecular Hbond substituents is 1. The Kier molecular flexibility index (Phi) is 11.8. The van der Waals surface area contributed by atoms with E-state index in [2.05, 4.69) is 16.0 Å². The first-order chi connectivity index (χ1) is 16.8. The average Bonchev–Trinajstić information content (AvgIpc) is 2.80. The SMILES string of the molecule is CCC(C)C(NC(=O)C(CC(=O)O)NC(=O)C(Cc1ccc(O)cc1)NC(=O)C(N)C(C)C)C(=O)O. The molecule has 3 amide bonds. The molecule has 1 aromatic carbocycles. The highest BCUT2D eigenvalue weighted by Gasteiger charge is 2.33. The molecule has 0 heterocycles. The van der Waals surface area contributed by atoms with Gasteiger partial charge in [-0.2, -0.15) is 0 Å². The number of nitrogens with two attached hydrogens (primary N) is 1. The normalized spacial score (nSPS) is 15.2. The Morgan fingerprint density at radius 1 is 0.861 bits per heavy atom. The van der Waals surface area contributed by atoms with E-state index in [9.17, 15) is 39.3 Å². The highest BCUT2D eigenvalue weighted by atomic mass is 16.4. The van der Waals surface area contributed by atoms with Crippen molar-refractivity contribution in [3.63, 3.8) is 0 Å². The number of carbonyl (C=O) groups is 5. The zero-order valence-corrected chi connectivity index (χ0v) is 20.9. The molecule has 5 atom stereocenters. The van der Waals surface area contributed by atoms with Crippen LogP contribution in [0.3, 0.4) is 0 Å². The maximum Gasteiger partial charge on any atom is 0.326 e. The van der Waals surface area contributed by atoms with Crippen LogP contribution in [0.4, 0.5) is 0 Å². The second-order valence-corrected chi connectivity index (χ2v) is 9.07. The number of nitrogens with one attached hydrogen (secondary N) is 3. The van der Waals surface area contributed by atoms with Gasteiger partial charge in [-0.25, -0.2) is 4.79 Å². The van der Waals surface area contributed by atoms with E-state index in [4.69, 9.17) is 5.73 Å². The summed E-state index contributed by atoms with van der Waals surface area (Å²) in [6, 6.07) is 0.822. The van der Waals surface area contributed by atoms with Crippen LogP contribution >= 0.6 is 0 Å². The Balaban J connectivity index is 3.17. The number of benzene rings is 1. The molecule has 0 saturated carbocycles. The molecule has 0 aliphatic rings. The van der Waals surface area contributed by atoms with Crippen LogP contribution in [-0.4, -0.2) is 69.1 Å². The first-order valence-electron chi connectivity index (χ1n) is 11.7. The highest BCUT2D eigenvalue weighted by Crippen LogP contribution is 2.13. The van der Waals surface area contributed by atoms with Gasteiger partial charge in [0.05, 0.1) is 12.5 Å². The van der Waals surface area contributed by atoms with Crippen molar-refractivity contribution in [2.75, 3.05) is 0 Å². The molecule has 0 saturated heterocycles. The summed E-state index contributed by atoms with van der Waals surface area (Å²) in [6.07, 6.45) is -0.422. The molecule has 0 spiro atoms. The summed E-state index contributed by atoms with van der Waals surface area (Å²) in [5.74, 6) is -5.83. The van der Waals surface area contributed by atoms with Crippen LogP contribution in [0.1, 0.15) is 46.1 Å². The average molecular weight is 509 g/mol. The second-order valence-electron chi connectivity index (χ2n) is 9.07. The molecule has 5 unspecified atom stereocenters. The third-order valence-corrected chi connectivity index (χ3v) is 5.82. The molecule has 12 nitrogen and oxygen atoms in total. The zero-order chi connectivity index (χ0) is 27.6. The van der Waals surface area contributed by atoms with Gasteiger partial charge in [0.1, 0.15) is 23.9 Å². The van der Waals surface area contributed by atoms with Crippen molar-refractivity contribution in [1.29, 1.82) is 0 Å². The maximum absolute atomic E-state index is 13.1. The number of hydrogen-bond acceptors (Lipinski definition) is 7. The molecule has 0 fully saturated rings. The summed E-state index contributed by atoms with van der Waals surface area (Å²) < 4.78 is 0. The molecule has 0 aromatic heterocycles. The number of aromatic hydroxyl groups is 1. The highest BCUT2D eigenvalue weighted by molar-refractivity contribution is 5.95. The van der Waals surface area contributed by atoms with Gasteiger partial charge in [0.15, 0.2) is 0 Å². The molecule has 1 rings (SSSR count). The van der Waals surface area contributed by atoms with Gasteiger partial charge in [-0.3, -0.25) is 19.2 Å². The van der Waals surface area contributed by atoms with Crippen LogP contribution in [0.15, 0.2) is 24.3 Å². The van der Waals surface area contributed by atoms with Crippen LogP contribution in [-0.2, 0) is 30.4 Å². The molecule has 36 heavy (non-hydrogen) atoms. The predicted octanol–water partition coefficient (Wildman–Crippen LogP) is -0.0222. The fourth-order valence-corrected chi connectivity index (χ4v) is 3.24. The van der Waals surface area contributed by atoms with Crippen LogP contribution in [0, 0.1) is 11.8 Å². The van der Waals surface area contributed by atoms with E-state index in [0.717, 1.165) is 0 Å². The van der Waals surface area contributed by atoms with Crippen molar-refractivity contribution < 1.29 is 39.3 Å². The predicted molar refractivity (Wildman–Crippen MR) is 130 cm³/mol. The van der Waals surface area contributed by atoms with Crippen molar-refractivity contribution in [2.24, 2.45) is 17.6 Å². The Hall–Kier alpha value is -3.67. The quantitative estimate of drug-likeness (QED) is 0.180. The molecule has 200 valence electrons. The molecule has 0 aliphatic carbocycles. The number of phenols is 1. The maximum atomic E-state index is 13.1. The third kappa shape index (κ3) is 9.53. The minimum atomic E-state index is -1.60. The topological polar surface area (TPSA) is 208 Å². The standard InChI is InChI=1S/C24H36N4O8/c1-5-13(4)20(24(35)36)28-22(33)17(11-18(30)31)26-21(32)16(27-23(34)19(25)12(2)3)10-14-6-8-15(29)9-7-14/h6-9,12-13,16-17,19-20,29H,5,10-11,25H2,1-4H3,(H,26,32)(H,27,34)(H,28,33)(H,30,31)(H,35,36). The summed E-state index contributed by atoms with van der Waals surface area (Å²) in [5.41, 5.74) is 6.45. The van der Waals surface area contributed by atoms with Crippen LogP contribution in [0.2, 0.25) is 0 Å². The fourth-order valence-electron chi connectivity index (χ4n) is 3.24. The fraction of sp³-hybridized carbons (Fsp3) is 0.542. The lowest BCUT2D eigenvalue weighted by molar-refractivity contribution is -0.144. The van der Waals surface area contributed by atoms with Crippen molar-refractivity contribution in [2.45, 2.75) is 71.1 Å². The molecule has 12 heteroatoms. The van der Waals surface area contributed by atoms with E-state index in [1.165, 1.54) is 24.3 Å². The summed E-state index contributed by atoms with van der Waals surface area (Å²) in [7, 11) is 0. The molecular formula is C24H36N4O8. The number of carbonyl (C=O) groups excluding carboxylic acids is 3. The summed E-state index contributed by atoms with van der Waals surface area (Å²) in [5, 5.41) is 35.4. The van der Waals surface area contributed by atoms with E-state index >= 15 is 0 Å². The molecule has 0 bridgehead atoms. The number of hydrogen-bond donors (Lipinski definition) is 7. The van der Waals surface area contributed by atoms with Crippen molar-refractivity contribution in [1.82, 2.24) is 16.0 Å². The number of carboxylic acids is 2. The van der Waals surface area contributed by atoms with Gasteiger partial charge in [-0.05, 0) is 29.5 Å². The number of aliphatic carboxylic acids is 2. The van der Waals surface area contributed by atoms with Crippen LogP contribution in [0.5, 0.6) is 5.75 Å². The summed E-state index contributed by atoms with van der Waals surface area (Å²) >= 11 is 0. The lowest BCUT2D eigenvalue weighted by atomic mass is 9.98. The Morgan fingerprint density at radius 3 is 1.86 bits per heavy atom. The van der Waals surface area contributed by atoms with Crippen molar-refractivity contribution >= 4 is 29.7 Å². The largest absolute Gasteiger partial charge is 0.508 e. The zero-order valence-electron chi connectivity index (χ0n) is 20.9. The van der Waals surface area contributed by atoms with Gasteiger partial charge in [0, 0.05) is 6.42 Å². The van der Waals surface area contributed by atoms with E-state index in [-0.39, 0.29) is 18.1 Å². The minimum Gasteiger partial charge on any atom is -0.508 e. The van der Waals surface area contributed by atoms with Gasteiger partial charge < -0.3 is 37.0 Å². The Morgan fingerprint density at radius 2 is 1.39 bits per heavy atom. The monoisotopic (exact) mass is 508 g/mol. The van der Waals surface area contributed by atoms with Crippen LogP contribution in [0.25, 0.3) is 0 Å². The van der Waals surface area contributed by atoms with E-state index in [1.54, 1.807) is 27.7 Å². The minimum absolute atomic E-state index is 0.00176.